The van der Waals surface area contributed by atoms with Crippen LogP contribution in [0.3, 0.4) is 0 Å². The van der Waals surface area contributed by atoms with Gasteiger partial charge in [-0.05, 0) is 47.9 Å². The predicted molar refractivity (Wildman–Crippen MR) is 118 cm³/mol. The number of aliphatic hydroxyl groups is 2. The first-order chi connectivity index (χ1) is 13.8. The summed E-state index contributed by atoms with van der Waals surface area (Å²) in [5.74, 6) is -0.414. The molecule has 29 heavy (non-hydrogen) atoms. The lowest BCUT2D eigenvalue weighted by Crippen LogP contribution is -2.33. The summed E-state index contributed by atoms with van der Waals surface area (Å²) < 4.78 is 19.3. The molecule has 2 aromatic rings. The molecule has 3 rings (SSSR count). The Morgan fingerprint density at radius 3 is 2.48 bits per heavy atom. The number of carbonyl (C=O) groups is 1. The number of hydrogen-bond acceptors (Lipinski definition) is 7. The van der Waals surface area contributed by atoms with E-state index in [4.69, 9.17) is 17.4 Å². The number of carbonyl (C=O) groups excluding carboxylic acids is 1. The number of thiophene rings is 1. The molecule has 4 nitrogen and oxygen atoms in total. The number of halogens is 1. The van der Waals surface area contributed by atoms with Crippen LogP contribution in [0.2, 0.25) is 0 Å². The first-order valence-corrected chi connectivity index (χ1v) is 11.2. The molecule has 0 aliphatic carbocycles. The molecule has 8 heteroatoms. The van der Waals surface area contributed by atoms with Crippen LogP contribution in [-0.4, -0.2) is 39.2 Å². The molecule has 2 heterocycles. The average Bonchev–Trinajstić information content (AvgIpc) is 3.34. The molecule has 156 valence electrons. The highest BCUT2D eigenvalue weighted by molar-refractivity contribution is 7.81. The number of thiol groups is 2. The molecular weight excluding hydrogens is 431 g/mol. The molecule has 1 aromatic carbocycles. The van der Waals surface area contributed by atoms with Crippen LogP contribution in [0.4, 0.5) is 4.39 Å². The van der Waals surface area contributed by atoms with Gasteiger partial charge in [0.05, 0.1) is 17.5 Å². The Kier molecular flexibility index (Phi) is 7.11. The summed E-state index contributed by atoms with van der Waals surface area (Å²) in [6.07, 6.45) is -0.311. The summed E-state index contributed by atoms with van der Waals surface area (Å²) in [4.78, 5) is 12.8. The third kappa shape index (κ3) is 4.72. The van der Waals surface area contributed by atoms with Crippen LogP contribution in [0.5, 0.6) is 0 Å². The van der Waals surface area contributed by atoms with Gasteiger partial charge in [0.2, 0.25) is 5.78 Å². The largest absolute Gasteiger partial charge is 0.478 e. The van der Waals surface area contributed by atoms with Crippen molar-refractivity contribution in [2.45, 2.75) is 42.3 Å². The van der Waals surface area contributed by atoms with Crippen LogP contribution in [0.1, 0.15) is 30.4 Å². The van der Waals surface area contributed by atoms with Crippen molar-refractivity contribution in [2.75, 3.05) is 5.75 Å². The molecule has 2 unspecified atom stereocenters. The molecule has 5 atom stereocenters. The highest BCUT2D eigenvalue weighted by atomic mass is 32.1. The van der Waals surface area contributed by atoms with E-state index in [2.05, 4.69) is 12.6 Å². The standard InChI is InChI=1S/C21H23FO4S3/c1-21(13-2-4-14(22)5-3-13)19(25)9-18(26-21)20(28)15(12-6-7-29-11-12)8-16(23)17(24)10-27/h2-7,9,11,15-17,20,23-24,27-28H,8,10H2,1H3/t15?,16?,17-,20+,21+/m0/s1. The molecule has 0 saturated heterocycles. The molecule has 1 aliphatic heterocycles. The fraction of sp³-hybridized carbons (Fsp3) is 0.381. The molecule has 2 N–H and O–H groups in total. The van der Waals surface area contributed by atoms with Gasteiger partial charge in [0, 0.05) is 23.3 Å². The number of benzene rings is 1. The van der Waals surface area contributed by atoms with Gasteiger partial charge in [0.1, 0.15) is 11.6 Å². The molecular formula is C21H23FO4S3. The van der Waals surface area contributed by atoms with Crippen LogP contribution < -0.4 is 0 Å². The lowest BCUT2D eigenvalue weighted by molar-refractivity contribution is -0.129. The summed E-state index contributed by atoms with van der Waals surface area (Å²) in [5, 5.41) is 23.6. The van der Waals surface area contributed by atoms with Gasteiger partial charge >= 0.3 is 0 Å². The van der Waals surface area contributed by atoms with E-state index in [1.807, 2.05) is 16.8 Å². The Morgan fingerprint density at radius 1 is 1.21 bits per heavy atom. The summed E-state index contributed by atoms with van der Waals surface area (Å²) in [7, 11) is 0. The second-order valence-corrected chi connectivity index (χ2v) is 8.92. The number of hydrogen-bond donors (Lipinski definition) is 4. The van der Waals surface area contributed by atoms with E-state index >= 15 is 0 Å². The zero-order chi connectivity index (χ0) is 21.2. The van der Waals surface area contributed by atoms with Crippen molar-refractivity contribution in [2.24, 2.45) is 0 Å². The summed E-state index contributed by atoms with van der Waals surface area (Å²) in [6, 6.07) is 7.56. The summed E-state index contributed by atoms with van der Waals surface area (Å²) in [5.41, 5.74) is 0.230. The topological polar surface area (TPSA) is 66.8 Å². The maximum atomic E-state index is 13.3. The van der Waals surface area contributed by atoms with Crippen LogP contribution in [-0.2, 0) is 15.1 Å². The zero-order valence-corrected chi connectivity index (χ0v) is 18.3. The van der Waals surface area contributed by atoms with Crippen LogP contribution in [0.25, 0.3) is 0 Å². The fourth-order valence-corrected chi connectivity index (χ4v) is 4.76. The third-order valence-corrected chi connectivity index (χ3v) is 6.92. The van der Waals surface area contributed by atoms with E-state index < -0.39 is 28.9 Å². The first kappa shape index (κ1) is 22.4. The van der Waals surface area contributed by atoms with Crippen LogP contribution >= 0.6 is 36.6 Å². The first-order valence-electron chi connectivity index (χ1n) is 9.14. The van der Waals surface area contributed by atoms with E-state index in [1.54, 1.807) is 6.92 Å². The Morgan fingerprint density at radius 2 is 1.90 bits per heavy atom. The highest BCUT2D eigenvalue weighted by Gasteiger charge is 2.44. The van der Waals surface area contributed by atoms with Crippen molar-refractivity contribution in [3.63, 3.8) is 0 Å². The van der Waals surface area contributed by atoms with E-state index in [-0.39, 0.29) is 23.9 Å². The fourth-order valence-electron chi connectivity index (χ4n) is 3.37. The van der Waals surface area contributed by atoms with Gasteiger partial charge in [-0.15, -0.1) is 0 Å². The van der Waals surface area contributed by atoms with E-state index in [9.17, 15) is 19.4 Å². The Bertz CT molecular complexity index is 869. The lowest BCUT2D eigenvalue weighted by atomic mass is 9.89. The Hall–Kier alpha value is -1.32. The maximum Gasteiger partial charge on any atom is 0.206 e. The quantitative estimate of drug-likeness (QED) is 0.459. The number of ketones is 1. The molecule has 0 saturated carbocycles. The van der Waals surface area contributed by atoms with E-state index in [1.165, 1.54) is 41.7 Å². The van der Waals surface area contributed by atoms with Crippen molar-refractivity contribution >= 4 is 42.4 Å². The van der Waals surface area contributed by atoms with Gasteiger partial charge in [0.25, 0.3) is 0 Å². The smallest absolute Gasteiger partial charge is 0.206 e. The van der Waals surface area contributed by atoms with Crippen LogP contribution in [0.15, 0.2) is 52.9 Å². The minimum atomic E-state index is -1.26. The summed E-state index contributed by atoms with van der Waals surface area (Å²) in [6.45, 7) is 1.64. The van der Waals surface area contributed by atoms with Crippen LogP contribution in [0, 0.1) is 5.82 Å². The van der Waals surface area contributed by atoms with Gasteiger partial charge in [-0.1, -0.05) is 12.1 Å². The van der Waals surface area contributed by atoms with Gasteiger partial charge in [-0.3, -0.25) is 4.79 Å². The molecule has 1 aliphatic rings. The third-order valence-electron chi connectivity index (χ3n) is 5.23. The molecule has 0 radical (unpaired) electrons. The average molecular weight is 455 g/mol. The normalized spacial score (nSPS) is 23.2. The maximum absolute atomic E-state index is 13.3. The number of aliphatic hydroxyl groups excluding tert-OH is 2. The SMILES string of the molecule is C[C@]1(c2ccc(F)cc2)OC([C@H](S)C(CC(O)[C@@H](O)CS)c2ccsc2)=CC1=O. The minimum absolute atomic E-state index is 0.134. The van der Waals surface area contributed by atoms with Crippen molar-refractivity contribution < 1.29 is 24.1 Å². The molecule has 0 spiro atoms. The summed E-state index contributed by atoms with van der Waals surface area (Å²) >= 11 is 10.3. The predicted octanol–water partition coefficient (Wildman–Crippen LogP) is 3.71. The number of rotatable bonds is 8. The molecule has 0 bridgehead atoms. The second-order valence-electron chi connectivity index (χ2n) is 7.21. The zero-order valence-electron chi connectivity index (χ0n) is 15.7. The van der Waals surface area contributed by atoms with Gasteiger partial charge in [0.15, 0.2) is 5.60 Å². The highest BCUT2D eigenvalue weighted by Crippen LogP contribution is 2.42. The van der Waals surface area contributed by atoms with Gasteiger partial charge in [-0.2, -0.15) is 36.6 Å². The van der Waals surface area contributed by atoms with E-state index in [0.29, 0.717) is 11.3 Å². The molecule has 1 aromatic heterocycles. The molecule has 0 fully saturated rings. The Balaban J connectivity index is 1.84. The van der Waals surface area contributed by atoms with Gasteiger partial charge < -0.3 is 14.9 Å². The van der Waals surface area contributed by atoms with E-state index in [0.717, 1.165) is 5.56 Å². The van der Waals surface area contributed by atoms with Crippen molar-refractivity contribution in [1.29, 1.82) is 0 Å². The molecule has 0 amide bonds. The lowest BCUT2D eigenvalue weighted by Gasteiger charge is -2.30. The monoisotopic (exact) mass is 454 g/mol. The van der Waals surface area contributed by atoms with Crippen molar-refractivity contribution in [1.82, 2.24) is 0 Å². The second kappa shape index (κ2) is 9.22. The van der Waals surface area contributed by atoms with Crippen molar-refractivity contribution in [3.8, 4) is 0 Å². The Labute approximate surface area is 184 Å². The number of ether oxygens (including phenoxy) is 1. The van der Waals surface area contributed by atoms with Gasteiger partial charge in [-0.25, -0.2) is 4.39 Å². The van der Waals surface area contributed by atoms with Crippen molar-refractivity contribution in [3.05, 3.63) is 69.9 Å². The minimum Gasteiger partial charge on any atom is -0.478 e.